The molecular formula is C13H15N5O. The first-order valence-corrected chi connectivity index (χ1v) is 6.19. The Hall–Kier alpha value is -2.21. The Balaban J connectivity index is 1.85. The van der Waals surface area contributed by atoms with E-state index in [1.54, 1.807) is 4.90 Å². The molecule has 0 radical (unpaired) electrons. The van der Waals surface area contributed by atoms with Crippen molar-refractivity contribution >= 4 is 11.6 Å². The Kier molecular flexibility index (Phi) is 2.79. The average Bonchev–Trinajstić information content (AvgIpc) is 2.96. The second-order valence-electron chi connectivity index (χ2n) is 4.76. The third kappa shape index (κ3) is 2.22. The van der Waals surface area contributed by atoms with Crippen molar-refractivity contribution < 1.29 is 4.79 Å². The van der Waals surface area contributed by atoms with Crippen LogP contribution in [-0.2, 0) is 4.79 Å². The fraction of sp³-hybridized carbons (Fsp3) is 0.308. The van der Waals surface area contributed by atoms with Crippen LogP contribution in [0.5, 0.6) is 0 Å². The number of H-pyrrole nitrogens is 1. The number of benzene rings is 1. The molecule has 3 rings (SSSR count). The number of aromatic nitrogens is 3. The van der Waals surface area contributed by atoms with Crippen LogP contribution < -0.4 is 10.6 Å². The highest BCUT2D eigenvalue weighted by Crippen LogP contribution is 2.24. The van der Waals surface area contributed by atoms with Gasteiger partial charge >= 0.3 is 0 Å². The number of hydrogen-bond acceptors (Lipinski definition) is 4. The van der Waals surface area contributed by atoms with Crippen molar-refractivity contribution in [1.29, 1.82) is 0 Å². The first-order chi connectivity index (χ1) is 9.13. The van der Waals surface area contributed by atoms with Crippen molar-refractivity contribution in [3.8, 4) is 11.4 Å². The second kappa shape index (κ2) is 4.47. The molecule has 1 aromatic heterocycles. The van der Waals surface area contributed by atoms with Gasteiger partial charge in [0.1, 0.15) is 5.82 Å². The molecule has 2 heterocycles. The summed E-state index contributed by atoms with van der Waals surface area (Å²) in [6, 6.07) is 7.56. The molecule has 0 spiro atoms. The van der Waals surface area contributed by atoms with Gasteiger partial charge < -0.3 is 10.6 Å². The molecule has 3 N–H and O–H groups in total. The zero-order chi connectivity index (χ0) is 13.4. The van der Waals surface area contributed by atoms with Gasteiger partial charge in [-0.3, -0.25) is 9.89 Å². The molecule has 1 saturated heterocycles. The highest BCUT2D eigenvalue weighted by atomic mass is 16.2. The predicted molar refractivity (Wildman–Crippen MR) is 71.5 cm³/mol. The van der Waals surface area contributed by atoms with Crippen LogP contribution in [0.1, 0.15) is 12.2 Å². The summed E-state index contributed by atoms with van der Waals surface area (Å²) >= 11 is 0. The van der Waals surface area contributed by atoms with Crippen LogP contribution in [0.4, 0.5) is 5.69 Å². The smallest absolute Gasteiger partial charge is 0.228 e. The number of rotatable bonds is 2. The summed E-state index contributed by atoms with van der Waals surface area (Å²) in [7, 11) is 0. The maximum atomic E-state index is 11.8. The molecule has 1 amide bonds. The number of aromatic amines is 1. The van der Waals surface area contributed by atoms with Crippen LogP contribution in [0.2, 0.25) is 0 Å². The van der Waals surface area contributed by atoms with Crippen molar-refractivity contribution in [3.05, 3.63) is 30.1 Å². The molecule has 19 heavy (non-hydrogen) atoms. The summed E-state index contributed by atoms with van der Waals surface area (Å²) in [4.78, 5) is 17.7. The van der Waals surface area contributed by atoms with E-state index in [1.807, 2.05) is 31.2 Å². The minimum atomic E-state index is -0.0668. The van der Waals surface area contributed by atoms with E-state index in [4.69, 9.17) is 5.73 Å². The third-order valence-electron chi connectivity index (χ3n) is 3.19. The number of hydrogen-bond donors (Lipinski definition) is 2. The molecule has 6 heteroatoms. The quantitative estimate of drug-likeness (QED) is 0.834. The summed E-state index contributed by atoms with van der Waals surface area (Å²) in [5.74, 6) is 1.52. The topological polar surface area (TPSA) is 87.9 Å². The normalized spacial score (nSPS) is 19.2. The van der Waals surface area contributed by atoms with Crippen molar-refractivity contribution in [2.24, 2.45) is 5.73 Å². The zero-order valence-electron chi connectivity index (χ0n) is 10.6. The van der Waals surface area contributed by atoms with Crippen LogP contribution in [-0.4, -0.2) is 33.7 Å². The van der Waals surface area contributed by atoms with Gasteiger partial charge in [0.25, 0.3) is 0 Å². The molecule has 1 aliphatic heterocycles. The van der Waals surface area contributed by atoms with Gasteiger partial charge in [-0.25, -0.2) is 4.98 Å². The molecule has 1 fully saturated rings. The lowest BCUT2D eigenvalue weighted by molar-refractivity contribution is -0.117. The molecule has 2 aromatic rings. The molecular weight excluding hydrogens is 242 g/mol. The highest BCUT2D eigenvalue weighted by molar-refractivity contribution is 5.96. The van der Waals surface area contributed by atoms with Gasteiger partial charge in [0, 0.05) is 30.3 Å². The lowest BCUT2D eigenvalue weighted by Gasteiger charge is -2.16. The summed E-state index contributed by atoms with van der Waals surface area (Å²) in [5, 5.41) is 6.91. The molecule has 0 aliphatic carbocycles. The van der Waals surface area contributed by atoms with Crippen LogP contribution in [0.3, 0.4) is 0 Å². The van der Waals surface area contributed by atoms with E-state index in [2.05, 4.69) is 15.2 Å². The molecule has 1 aromatic carbocycles. The minimum absolute atomic E-state index is 0.0668. The Labute approximate surface area is 110 Å². The molecule has 1 aliphatic rings. The summed E-state index contributed by atoms with van der Waals surface area (Å²) in [6.07, 6.45) is 0.419. The number of carbonyl (C=O) groups excluding carboxylic acids is 1. The predicted octanol–water partition coefficient (Wildman–Crippen LogP) is 0.844. The summed E-state index contributed by atoms with van der Waals surface area (Å²) in [6.45, 7) is 2.44. The van der Waals surface area contributed by atoms with E-state index < -0.39 is 0 Å². The number of amides is 1. The largest absolute Gasteiger partial charge is 0.326 e. The van der Waals surface area contributed by atoms with Gasteiger partial charge in [0.2, 0.25) is 5.91 Å². The molecule has 98 valence electrons. The summed E-state index contributed by atoms with van der Waals surface area (Å²) in [5.41, 5.74) is 7.58. The van der Waals surface area contributed by atoms with Crippen LogP contribution >= 0.6 is 0 Å². The van der Waals surface area contributed by atoms with E-state index in [9.17, 15) is 4.79 Å². The number of anilines is 1. The third-order valence-corrected chi connectivity index (χ3v) is 3.19. The lowest BCUT2D eigenvalue weighted by Crippen LogP contribution is -2.27. The van der Waals surface area contributed by atoms with Crippen molar-refractivity contribution in [3.63, 3.8) is 0 Å². The van der Waals surface area contributed by atoms with E-state index in [-0.39, 0.29) is 11.9 Å². The number of nitrogens with two attached hydrogens (primary N) is 1. The molecule has 1 unspecified atom stereocenters. The highest BCUT2D eigenvalue weighted by Gasteiger charge is 2.27. The lowest BCUT2D eigenvalue weighted by atomic mass is 10.2. The maximum absolute atomic E-state index is 11.8. The van der Waals surface area contributed by atoms with Gasteiger partial charge in [-0.1, -0.05) is 0 Å². The fourth-order valence-corrected chi connectivity index (χ4v) is 2.25. The number of aryl methyl sites for hydroxylation is 1. The summed E-state index contributed by atoms with van der Waals surface area (Å²) < 4.78 is 0. The molecule has 1 atom stereocenters. The Morgan fingerprint density at radius 2 is 2.11 bits per heavy atom. The van der Waals surface area contributed by atoms with Crippen molar-refractivity contribution in [2.45, 2.75) is 19.4 Å². The Morgan fingerprint density at radius 3 is 2.63 bits per heavy atom. The Bertz CT molecular complexity index is 604. The molecule has 6 nitrogen and oxygen atoms in total. The van der Waals surface area contributed by atoms with Crippen LogP contribution in [0.25, 0.3) is 11.4 Å². The molecule has 0 saturated carbocycles. The number of nitrogens with zero attached hydrogens (tertiary/aromatic N) is 3. The van der Waals surface area contributed by atoms with Crippen molar-refractivity contribution in [2.75, 3.05) is 11.4 Å². The Morgan fingerprint density at radius 1 is 1.37 bits per heavy atom. The van der Waals surface area contributed by atoms with E-state index in [0.29, 0.717) is 18.8 Å². The van der Waals surface area contributed by atoms with Gasteiger partial charge in [0.05, 0.1) is 0 Å². The van der Waals surface area contributed by atoms with Gasteiger partial charge in [-0.05, 0) is 31.2 Å². The number of nitrogens with one attached hydrogen (secondary N) is 1. The van der Waals surface area contributed by atoms with E-state index in [1.165, 1.54) is 0 Å². The fourth-order valence-electron chi connectivity index (χ4n) is 2.25. The zero-order valence-corrected chi connectivity index (χ0v) is 10.6. The number of carbonyl (C=O) groups is 1. The monoisotopic (exact) mass is 257 g/mol. The van der Waals surface area contributed by atoms with Gasteiger partial charge in [-0.2, -0.15) is 5.10 Å². The first kappa shape index (κ1) is 11.9. The van der Waals surface area contributed by atoms with Crippen LogP contribution in [0, 0.1) is 6.92 Å². The standard InChI is InChI=1S/C13H15N5O/c1-8-15-13(17-16-8)9-2-4-11(5-3-9)18-7-10(14)6-12(18)19/h2-5,10H,6-7,14H2,1H3,(H,15,16,17). The SMILES string of the molecule is Cc1nc(-c2ccc(N3CC(N)CC3=O)cc2)n[nH]1. The van der Waals surface area contributed by atoms with Crippen molar-refractivity contribution in [1.82, 2.24) is 15.2 Å². The average molecular weight is 257 g/mol. The van der Waals surface area contributed by atoms with Crippen LogP contribution in [0.15, 0.2) is 24.3 Å². The first-order valence-electron chi connectivity index (χ1n) is 6.19. The minimum Gasteiger partial charge on any atom is -0.326 e. The van der Waals surface area contributed by atoms with Gasteiger partial charge in [0.15, 0.2) is 5.82 Å². The maximum Gasteiger partial charge on any atom is 0.228 e. The van der Waals surface area contributed by atoms with E-state index in [0.717, 1.165) is 17.1 Å². The second-order valence-corrected chi connectivity index (χ2v) is 4.76. The van der Waals surface area contributed by atoms with Gasteiger partial charge in [-0.15, -0.1) is 0 Å². The molecule has 0 bridgehead atoms. The van der Waals surface area contributed by atoms with E-state index >= 15 is 0 Å².